The van der Waals surface area contributed by atoms with Crippen LogP contribution in [0.25, 0.3) is 0 Å². The van der Waals surface area contributed by atoms with Gasteiger partial charge in [0.2, 0.25) is 11.8 Å². The number of aldehydes is 1. The SMILES string of the molecule is CCCN1CC(=O)N(Cc2ccc(C=O)o2)CC1=O. The molecule has 0 atom stereocenters. The fourth-order valence-corrected chi connectivity index (χ4v) is 2.05. The number of hydrogen-bond donors (Lipinski definition) is 0. The van der Waals surface area contributed by atoms with Gasteiger partial charge in [0.25, 0.3) is 0 Å². The van der Waals surface area contributed by atoms with E-state index in [4.69, 9.17) is 4.42 Å². The first-order valence-corrected chi connectivity index (χ1v) is 6.23. The molecule has 1 saturated heterocycles. The highest BCUT2D eigenvalue weighted by molar-refractivity contribution is 5.92. The van der Waals surface area contributed by atoms with Crippen LogP contribution >= 0.6 is 0 Å². The van der Waals surface area contributed by atoms with Crippen LogP contribution in [0.1, 0.15) is 29.7 Å². The third-order valence-electron chi connectivity index (χ3n) is 3.00. The molecule has 2 rings (SSSR count). The summed E-state index contributed by atoms with van der Waals surface area (Å²) in [6.07, 6.45) is 1.44. The molecule has 0 saturated carbocycles. The summed E-state index contributed by atoms with van der Waals surface area (Å²) in [6, 6.07) is 3.18. The second-order valence-electron chi connectivity index (χ2n) is 4.49. The predicted molar refractivity (Wildman–Crippen MR) is 66.4 cm³/mol. The van der Waals surface area contributed by atoms with E-state index in [0.717, 1.165) is 6.42 Å². The van der Waals surface area contributed by atoms with Crippen LogP contribution in [0.15, 0.2) is 16.5 Å². The Hall–Kier alpha value is -2.11. The van der Waals surface area contributed by atoms with Gasteiger partial charge in [0.05, 0.1) is 13.1 Å². The van der Waals surface area contributed by atoms with Crippen molar-refractivity contribution < 1.29 is 18.8 Å². The molecular formula is C13H16N2O4. The van der Waals surface area contributed by atoms with Crippen molar-refractivity contribution in [3.63, 3.8) is 0 Å². The number of piperazine rings is 1. The van der Waals surface area contributed by atoms with Gasteiger partial charge in [0, 0.05) is 6.54 Å². The van der Waals surface area contributed by atoms with Gasteiger partial charge in [-0.3, -0.25) is 14.4 Å². The molecule has 0 bridgehead atoms. The maximum atomic E-state index is 11.9. The van der Waals surface area contributed by atoms with Crippen molar-refractivity contribution in [1.82, 2.24) is 9.80 Å². The molecule has 19 heavy (non-hydrogen) atoms. The fourth-order valence-electron chi connectivity index (χ4n) is 2.05. The zero-order valence-electron chi connectivity index (χ0n) is 10.8. The molecule has 6 heteroatoms. The molecule has 1 aromatic rings. The Bertz CT molecular complexity index is 495. The average Bonchev–Trinajstić information content (AvgIpc) is 2.83. The summed E-state index contributed by atoms with van der Waals surface area (Å²) in [5.41, 5.74) is 0. The van der Waals surface area contributed by atoms with E-state index in [9.17, 15) is 14.4 Å². The van der Waals surface area contributed by atoms with Crippen LogP contribution in [-0.4, -0.2) is 47.5 Å². The van der Waals surface area contributed by atoms with Gasteiger partial charge in [-0.05, 0) is 18.6 Å². The molecule has 0 radical (unpaired) electrons. The lowest BCUT2D eigenvalue weighted by molar-refractivity contribution is -0.150. The van der Waals surface area contributed by atoms with Crippen molar-refractivity contribution >= 4 is 18.1 Å². The van der Waals surface area contributed by atoms with E-state index in [0.29, 0.717) is 18.6 Å². The maximum Gasteiger partial charge on any atom is 0.243 e. The van der Waals surface area contributed by atoms with E-state index in [-0.39, 0.29) is 37.2 Å². The van der Waals surface area contributed by atoms with Crippen molar-refractivity contribution in [1.29, 1.82) is 0 Å². The highest BCUT2D eigenvalue weighted by Gasteiger charge is 2.29. The Morgan fingerprint density at radius 1 is 1.21 bits per heavy atom. The largest absolute Gasteiger partial charge is 0.456 e. The van der Waals surface area contributed by atoms with Gasteiger partial charge in [-0.15, -0.1) is 0 Å². The van der Waals surface area contributed by atoms with Gasteiger partial charge in [-0.2, -0.15) is 0 Å². The second-order valence-corrected chi connectivity index (χ2v) is 4.49. The van der Waals surface area contributed by atoms with Crippen LogP contribution in [0.3, 0.4) is 0 Å². The Morgan fingerprint density at radius 2 is 1.89 bits per heavy atom. The molecule has 1 aliphatic rings. The lowest BCUT2D eigenvalue weighted by Crippen LogP contribution is -2.53. The van der Waals surface area contributed by atoms with Crippen molar-refractivity contribution in [3.05, 3.63) is 23.7 Å². The standard InChI is InChI=1S/C13H16N2O4/c1-2-5-14-7-13(18)15(8-12(14)17)6-10-3-4-11(9-16)19-10/h3-4,9H,2,5-8H2,1H3. The lowest BCUT2D eigenvalue weighted by atomic mass is 10.2. The van der Waals surface area contributed by atoms with Crippen molar-refractivity contribution in [2.45, 2.75) is 19.9 Å². The number of carbonyl (C=O) groups is 3. The van der Waals surface area contributed by atoms with Crippen LogP contribution < -0.4 is 0 Å². The first kappa shape index (κ1) is 13.3. The molecule has 0 spiro atoms. The summed E-state index contributed by atoms with van der Waals surface area (Å²) in [4.78, 5) is 37.3. The summed E-state index contributed by atoms with van der Waals surface area (Å²) in [5.74, 6) is 0.575. The Balaban J connectivity index is 2.00. The van der Waals surface area contributed by atoms with Crippen LogP contribution in [-0.2, 0) is 16.1 Å². The van der Waals surface area contributed by atoms with Gasteiger partial charge in [0.15, 0.2) is 12.0 Å². The molecular weight excluding hydrogens is 248 g/mol. The van der Waals surface area contributed by atoms with E-state index in [1.807, 2.05) is 6.92 Å². The predicted octanol–water partition coefficient (Wildman–Crippen LogP) is 0.673. The molecule has 2 heterocycles. The van der Waals surface area contributed by atoms with Crippen molar-refractivity contribution in [2.75, 3.05) is 19.6 Å². The molecule has 1 fully saturated rings. The van der Waals surface area contributed by atoms with Gasteiger partial charge in [0.1, 0.15) is 12.3 Å². The lowest BCUT2D eigenvalue weighted by Gasteiger charge is -2.33. The Kier molecular flexibility index (Phi) is 3.99. The number of carbonyl (C=O) groups excluding carboxylic acids is 3. The molecule has 0 aliphatic carbocycles. The van der Waals surface area contributed by atoms with Gasteiger partial charge >= 0.3 is 0 Å². The van der Waals surface area contributed by atoms with Gasteiger partial charge in [-0.1, -0.05) is 6.92 Å². The first-order valence-electron chi connectivity index (χ1n) is 6.23. The molecule has 1 aliphatic heterocycles. The van der Waals surface area contributed by atoms with Crippen molar-refractivity contribution in [3.8, 4) is 0 Å². The second kappa shape index (κ2) is 5.69. The average molecular weight is 264 g/mol. The number of rotatable bonds is 5. The minimum atomic E-state index is -0.0999. The summed E-state index contributed by atoms with van der Waals surface area (Å²) < 4.78 is 5.21. The normalized spacial score (nSPS) is 16.1. The molecule has 0 unspecified atom stereocenters. The van der Waals surface area contributed by atoms with E-state index >= 15 is 0 Å². The smallest absolute Gasteiger partial charge is 0.243 e. The van der Waals surface area contributed by atoms with E-state index < -0.39 is 0 Å². The summed E-state index contributed by atoms with van der Waals surface area (Å²) in [6.45, 7) is 2.98. The minimum absolute atomic E-state index is 0.0522. The highest BCUT2D eigenvalue weighted by Crippen LogP contribution is 2.13. The third-order valence-corrected chi connectivity index (χ3v) is 3.00. The topological polar surface area (TPSA) is 70.8 Å². The zero-order chi connectivity index (χ0) is 13.8. The third kappa shape index (κ3) is 3.01. The number of nitrogens with zero attached hydrogens (tertiary/aromatic N) is 2. The van der Waals surface area contributed by atoms with Crippen LogP contribution in [0.2, 0.25) is 0 Å². The van der Waals surface area contributed by atoms with E-state index in [2.05, 4.69) is 0 Å². The minimum Gasteiger partial charge on any atom is -0.456 e. The summed E-state index contributed by atoms with van der Waals surface area (Å²) in [5, 5.41) is 0. The zero-order valence-corrected chi connectivity index (χ0v) is 10.8. The Labute approximate surface area is 111 Å². The molecule has 102 valence electrons. The Morgan fingerprint density at radius 3 is 2.53 bits per heavy atom. The van der Waals surface area contributed by atoms with Gasteiger partial charge < -0.3 is 14.2 Å². The first-order chi connectivity index (χ1) is 9.13. The number of hydrogen-bond acceptors (Lipinski definition) is 4. The van der Waals surface area contributed by atoms with E-state index in [1.54, 1.807) is 17.0 Å². The summed E-state index contributed by atoms with van der Waals surface area (Å²) in [7, 11) is 0. The van der Waals surface area contributed by atoms with Crippen LogP contribution in [0.4, 0.5) is 0 Å². The van der Waals surface area contributed by atoms with E-state index in [1.165, 1.54) is 4.90 Å². The monoisotopic (exact) mass is 264 g/mol. The van der Waals surface area contributed by atoms with Crippen LogP contribution in [0, 0.1) is 0 Å². The van der Waals surface area contributed by atoms with Gasteiger partial charge in [-0.25, -0.2) is 0 Å². The highest BCUT2D eigenvalue weighted by atomic mass is 16.3. The molecule has 2 amide bonds. The number of furan rings is 1. The van der Waals surface area contributed by atoms with Crippen LogP contribution in [0.5, 0.6) is 0 Å². The molecule has 6 nitrogen and oxygen atoms in total. The summed E-state index contributed by atoms with van der Waals surface area (Å²) >= 11 is 0. The molecule has 0 N–H and O–H groups in total. The molecule has 1 aromatic heterocycles. The quantitative estimate of drug-likeness (QED) is 0.733. The maximum absolute atomic E-state index is 11.9. The number of amides is 2. The molecule has 0 aromatic carbocycles. The fraction of sp³-hybridized carbons (Fsp3) is 0.462. The van der Waals surface area contributed by atoms with Crippen molar-refractivity contribution in [2.24, 2.45) is 0 Å².